The number of aliphatic hydroxyl groups is 1. The number of rotatable bonds is 4. The Morgan fingerprint density at radius 2 is 2.30 bits per heavy atom. The van der Waals surface area contributed by atoms with Crippen LogP contribution in [0.25, 0.3) is 0 Å². The topological polar surface area (TPSA) is 52.6 Å². The first-order valence-electron chi connectivity index (χ1n) is 7.09. The minimum absolute atomic E-state index is 0.0157. The van der Waals surface area contributed by atoms with E-state index in [9.17, 15) is 9.90 Å². The third-order valence-corrected chi connectivity index (χ3v) is 4.56. The molecule has 1 aromatic carbocycles. The average Bonchev–Trinajstić information content (AvgIpc) is 2.94. The van der Waals surface area contributed by atoms with E-state index in [0.717, 1.165) is 35.8 Å². The van der Waals surface area contributed by atoms with Crippen LogP contribution in [-0.4, -0.2) is 35.2 Å². The largest absolute Gasteiger partial charge is 0.394 e. The van der Waals surface area contributed by atoms with Crippen LogP contribution in [0.1, 0.15) is 37.8 Å². The Balaban J connectivity index is 2.07. The monoisotopic (exact) mass is 340 g/mol. The molecular weight excluding hydrogens is 320 g/mol. The van der Waals surface area contributed by atoms with Crippen molar-refractivity contribution in [2.45, 2.75) is 38.3 Å². The molecule has 0 radical (unpaired) electrons. The van der Waals surface area contributed by atoms with Crippen LogP contribution >= 0.6 is 15.9 Å². The Hall–Kier alpha value is -1.07. The second kappa shape index (κ2) is 7.09. The summed E-state index contributed by atoms with van der Waals surface area (Å²) >= 11 is 3.53. The molecule has 0 aromatic heterocycles. The van der Waals surface area contributed by atoms with Gasteiger partial charge in [0.05, 0.1) is 18.7 Å². The standard InChI is InChI=1S/C15H21BrN2O2/c1-2-14(12-7-3-4-8-13(12)16)17-15(20)18-9-5-6-11(18)10-19/h3-4,7-8,11,14,19H,2,5-6,9-10H2,1H3,(H,17,20)/t11-,14?/m1/s1. The Bertz CT molecular complexity index is 467. The highest BCUT2D eigenvalue weighted by Gasteiger charge is 2.29. The molecule has 20 heavy (non-hydrogen) atoms. The number of nitrogens with one attached hydrogen (secondary N) is 1. The number of halogens is 1. The number of hydrogen-bond acceptors (Lipinski definition) is 2. The summed E-state index contributed by atoms with van der Waals surface area (Å²) in [6, 6.07) is 7.81. The predicted octanol–water partition coefficient (Wildman–Crippen LogP) is 3.07. The minimum Gasteiger partial charge on any atom is -0.394 e. The fourth-order valence-corrected chi connectivity index (χ4v) is 3.24. The van der Waals surface area contributed by atoms with E-state index in [4.69, 9.17) is 0 Å². The lowest BCUT2D eigenvalue weighted by Crippen LogP contribution is -2.45. The molecule has 1 unspecified atom stereocenters. The number of hydrogen-bond donors (Lipinski definition) is 2. The number of carbonyl (C=O) groups excluding carboxylic acids is 1. The lowest BCUT2D eigenvalue weighted by molar-refractivity contribution is 0.154. The van der Waals surface area contributed by atoms with E-state index in [1.165, 1.54) is 0 Å². The summed E-state index contributed by atoms with van der Waals surface area (Å²) in [5.74, 6) is 0. The number of carbonyl (C=O) groups is 1. The molecule has 110 valence electrons. The van der Waals surface area contributed by atoms with Gasteiger partial charge in [-0.05, 0) is 30.9 Å². The fourth-order valence-electron chi connectivity index (χ4n) is 2.68. The van der Waals surface area contributed by atoms with Crippen LogP contribution in [0.5, 0.6) is 0 Å². The van der Waals surface area contributed by atoms with Crippen molar-refractivity contribution in [3.05, 3.63) is 34.3 Å². The molecule has 2 amide bonds. The summed E-state index contributed by atoms with van der Waals surface area (Å²) in [4.78, 5) is 14.1. The van der Waals surface area contributed by atoms with Gasteiger partial charge in [0, 0.05) is 11.0 Å². The van der Waals surface area contributed by atoms with Crippen molar-refractivity contribution in [2.75, 3.05) is 13.2 Å². The second-order valence-electron chi connectivity index (χ2n) is 5.10. The zero-order valence-corrected chi connectivity index (χ0v) is 13.3. The smallest absolute Gasteiger partial charge is 0.318 e. The zero-order chi connectivity index (χ0) is 14.5. The molecule has 1 aliphatic rings. The number of likely N-dealkylation sites (tertiary alicyclic amines) is 1. The molecule has 1 aromatic rings. The van der Waals surface area contributed by atoms with Crippen molar-refractivity contribution in [3.63, 3.8) is 0 Å². The highest BCUT2D eigenvalue weighted by atomic mass is 79.9. The molecule has 0 aliphatic carbocycles. The normalized spacial score (nSPS) is 19.9. The molecule has 2 N–H and O–H groups in total. The van der Waals surface area contributed by atoms with Gasteiger partial charge in [0.1, 0.15) is 0 Å². The Kier molecular flexibility index (Phi) is 5.43. The number of nitrogens with zero attached hydrogens (tertiary/aromatic N) is 1. The summed E-state index contributed by atoms with van der Waals surface area (Å²) in [5.41, 5.74) is 1.09. The van der Waals surface area contributed by atoms with Crippen molar-refractivity contribution in [3.8, 4) is 0 Å². The van der Waals surface area contributed by atoms with Gasteiger partial charge < -0.3 is 15.3 Å². The summed E-state index contributed by atoms with van der Waals surface area (Å²) in [6.45, 7) is 2.82. The lowest BCUT2D eigenvalue weighted by Gasteiger charge is -2.27. The van der Waals surface area contributed by atoms with Crippen molar-refractivity contribution in [1.29, 1.82) is 0 Å². The summed E-state index contributed by atoms with van der Waals surface area (Å²) in [6.07, 6.45) is 2.67. The maximum absolute atomic E-state index is 12.4. The van der Waals surface area contributed by atoms with Crippen molar-refractivity contribution in [1.82, 2.24) is 10.2 Å². The van der Waals surface area contributed by atoms with Gasteiger partial charge in [0.2, 0.25) is 0 Å². The maximum Gasteiger partial charge on any atom is 0.318 e. The first-order chi connectivity index (χ1) is 9.67. The lowest BCUT2D eigenvalue weighted by atomic mass is 10.0. The van der Waals surface area contributed by atoms with Crippen LogP contribution in [0.2, 0.25) is 0 Å². The number of amides is 2. The van der Waals surface area contributed by atoms with Gasteiger partial charge in [-0.1, -0.05) is 41.1 Å². The Morgan fingerprint density at radius 3 is 2.95 bits per heavy atom. The van der Waals surface area contributed by atoms with E-state index >= 15 is 0 Å². The first-order valence-corrected chi connectivity index (χ1v) is 7.89. The highest BCUT2D eigenvalue weighted by Crippen LogP contribution is 2.26. The van der Waals surface area contributed by atoms with Crippen LogP contribution in [0.4, 0.5) is 4.79 Å². The third-order valence-electron chi connectivity index (χ3n) is 3.84. The average molecular weight is 341 g/mol. The van der Waals surface area contributed by atoms with E-state index in [2.05, 4.69) is 28.2 Å². The number of urea groups is 1. The van der Waals surface area contributed by atoms with E-state index < -0.39 is 0 Å². The molecule has 1 heterocycles. The highest BCUT2D eigenvalue weighted by molar-refractivity contribution is 9.10. The Morgan fingerprint density at radius 1 is 1.55 bits per heavy atom. The SMILES string of the molecule is CCC(NC(=O)N1CCC[C@@H]1CO)c1ccccc1Br. The quantitative estimate of drug-likeness (QED) is 0.884. The third kappa shape index (κ3) is 3.33. The maximum atomic E-state index is 12.4. The van der Waals surface area contributed by atoms with Crippen molar-refractivity contribution >= 4 is 22.0 Å². The van der Waals surface area contributed by atoms with Crippen molar-refractivity contribution < 1.29 is 9.90 Å². The van der Waals surface area contributed by atoms with E-state index in [0.29, 0.717) is 0 Å². The van der Waals surface area contributed by atoms with Crippen LogP contribution in [-0.2, 0) is 0 Å². The van der Waals surface area contributed by atoms with Gasteiger partial charge in [0.25, 0.3) is 0 Å². The number of aliphatic hydroxyl groups excluding tert-OH is 1. The van der Waals surface area contributed by atoms with E-state index in [1.54, 1.807) is 4.90 Å². The molecule has 1 fully saturated rings. The van der Waals surface area contributed by atoms with Crippen LogP contribution in [0, 0.1) is 0 Å². The molecule has 1 aliphatic heterocycles. The van der Waals surface area contributed by atoms with Gasteiger partial charge in [0.15, 0.2) is 0 Å². The molecule has 5 heteroatoms. The predicted molar refractivity (Wildman–Crippen MR) is 82.5 cm³/mol. The fraction of sp³-hybridized carbons (Fsp3) is 0.533. The van der Waals surface area contributed by atoms with Gasteiger partial charge in [-0.2, -0.15) is 0 Å². The molecule has 0 bridgehead atoms. The van der Waals surface area contributed by atoms with Gasteiger partial charge in [-0.3, -0.25) is 0 Å². The number of benzene rings is 1. The summed E-state index contributed by atoms with van der Waals surface area (Å²) < 4.78 is 1.01. The van der Waals surface area contributed by atoms with Gasteiger partial charge in [-0.25, -0.2) is 4.79 Å². The molecule has 0 spiro atoms. The molecule has 4 nitrogen and oxygen atoms in total. The zero-order valence-electron chi connectivity index (χ0n) is 11.7. The summed E-state index contributed by atoms with van der Waals surface area (Å²) in [7, 11) is 0. The molecule has 2 atom stereocenters. The van der Waals surface area contributed by atoms with Crippen LogP contribution in [0.15, 0.2) is 28.7 Å². The first kappa shape index (κ1) is 15.3. The van der Waals surface area contributed by atoms with E-state index in [-0.39, 0.29) is 24.7 Å². The van der Waals surface area contributed by atoms with Gasteiger partial charge >= 0.3 is 6.03 Å². The molecule has 1 saturated heterocycles. The Labute approximate surface area is 128 Å². The van der Waals surface area contributed by atoms with Crippen molar-refractivity contribution in [2.24, 2.45) is 0 Å². The molecule has 2 rings (SSSR count). The van der Waals surface area contributed by atoms with Gasteiger partial charge in [-0.15, -0.1) is 0 Å². The summed E-state index contributed by atoms with van der Waals surface area (Å²) in [5, 5.41) is 12.4. The van der Waals surface area contributed by atoms with Crippen LogP contribution < -0.4 is 5.32 Å². The van der Waals surface area contributed by atoms with Crippen LogP contribution in [0.3, 0.4) is 0 Å². The molecule has 0 saturated carbocycles. The second-order valence-corrected chi connectivity index (χ2v) is 5.96. The molecular formula is C15H21BrN2O2. The minimum atomic E-state index is -0.0795. The van der Waals surface area contributed by atoms with E-state index in [1.807, 2.05) is 24.3 Å².